The Morgan fingerprint density at radius 3 is 2.78 bits per heavy atom. The van der Waals surface area contributed by atoms with Crippen molar-refractivity contribution in [3.63, 3.8) is 0 Å². The van der Waals surface area contributed by atoms with Crippen molar-refractivity contribution in [2.75, 3.05) is 14.1 Å². The van der Waals surface area contributed by atoms with E-state index < -0.39 is 0 Å². The normalized spacial score (nSPS) is 39.0. The van der Waals surface area contributed by atoms with Crippen molar-refractivity contribution in [1.82, 2.24) is 4.90 Å². The molecule has 4 atom stereocenters. The van der Waals surface area contributed by atoms with Crippen LogP contribution in [0, 0.1) is 0 Å². The number of rotatable bonds is 2. The summed E-state index contributed by atoms with van der Waals surface area (Å²) < 4.78 is 12.3. The van der Waals surface area contributed by atoms with Crippen molar-refractivity contribution in [2.24, 2.45) is 0 Å². The van der Waals surface area contributed by atoms with Crippen molar-refractivity contribution in [3.8, 4) is 0 Å². The molecule has 0 bridgehead atoms. The van der Waals surface area contributed by atoms with Crippen LogP contribution in [0.2, 0.25) is 0 Å². The second-order valence-electron chi connectivity index (χ2n) is 7.36. The molecule has 1 saturated heterocycles. The summed E-state index contributed by atoms with van der Waals surface area (Å²) >= 11 is 0. The number of hydrogen-bond acceptors (Lipinski definition) is 3. The molecule has 4 unspecified atom stereocenters. The number of nitrogens with one attached hydrogen (secondary N) is 1. The Morgan fingerprint density at radius 1 is 1.13 bits per heavy atom. The average molecular weight is 317 g/mol. The summed E-state index contributed by atoms with van der Waals surface area (Å²) in [4.78, 5) is 3.73. The standard InChI is InChI=1S/C19H28N2O2/c1-20-14-8-3-5-10-16(14)22-18(20)12-7-13-19-21(2)15-9-4-6-11-17(15)23-19/h7,12-14,16,18H,3-6,8-11H2,1-2H3/p+1/b12-7+,19-13+. The van der Waals surface area contributed by atoms with E-state index in [1.807, 2.05) is 0 Å². The molecule has 23 heavy (non-hydrogen) atoms. The van der Waals surface area contributed by atoms with Crippen molar-refractivity contribution >= 4 is 0 Å². The molecule has 0 aromatic rings. The van der Waals surface area contributed by atoms with Crippen LogP contribution < -0.4 is 4.90 Å². The van der Waals surface area contributed by atoms with Crippen LogP contribution in [0.3, 0.4) is 0 Å². The third-order valence-electron chi connectivity index (χ3n) is 5.93. The predicted octanol–water partition coefficient (Wildman–Crippen LogP) is 2.31. The summed E-state index contributed by atoms with van der Waals surface area (Å²) in [6.07, 6.45) is 17.1. The van der Waals surface area contributed by atoms with Crippen LogP contribution in [-0.4, -0.2) is 37.4 Å². The summed E-state index contributed by atoms with van der Waals surface area (Å²) in [5.41, 5.74) is 1.38. The maximum absolute atomic E-state index is 6.25. The lowest BCUT2D eigenvalue weighted by Gasteiger charge is -2.24. The SMILES string of the molecule is CN1C2=C(CCCC2)O/C1=C/C=C/C1OC2CCCCC2[NH+]1C. The number of quaternary nitrogens is 1. The van der Waals surface area contributed by atoms with Gasteiger partial charge in [-0.1, -0.05) is 12.5 Å². The summed E-state index contributed by atoms with van der Waals surface area (Å²) in [6, 6.07) is 0.686. The van der Waals surface area contributed by atoms with Gasteiger partial charge in [-0.05, 0) is 38.2 Å². The Labute approximate surface area is 139 Å². The van der Waals surface area contributed by atoms with Crippen molar-refractivity contribution < 1.29 is 14.4 Å². The van der Waals surface area contributed by atoms with Gasteiger partial charge in [-0.2, -0.15) is 0 Å². The third-order valence-corrected chi connectivity index (χ3v) is 5.93. The highest BCUT2D eigenvalue weighted by atomic mass is 16.5. The minimum absolute atomic E-state index is 0.189. The van der Waals surface area contributed by atoms with E-state index in [0.29, 0.717) is 12.1 Å². The molecule has 1 saturated carbocycles. The number of likely N-dealkylation sites (N-methyl/N-ethyl adjacent to an activating group) is 1. The lowest BCUT2D eigenvalue weighted by Crippen LogP contribution is -3.14. The van der Waals surface area contributed by atoms with Crippen LogP contribution in [0.5, 0.6) is 0 Å². The quantitative estimate of drug-likeness (QED) is 0.846. The van der Waals surface area contributed by atoms with E-state index in [0.717, 1.165) is 18.7 Å². The number of hydrogen-bond donors (Lipinski definition) is 1. The highest BCUT2D eigenvalue weighted by Crippen LogP contribution is 2.36. The zero-order valence-corrected chi connectivity index (χ0v) is 14.4. The molecule has 4 rings (SSSR count). The topological polar surface area (TPSA) is 26.1 Å². The van der Waals surface area contributed by atoms with E-state index in [1.54, 1.807) is 0 Å². The monoisotopic (exact) mass is 317 g/mol. The largest absolute Gasteiger partial charge is 0.443 e. The first-order valence-electron chi connectivity index (χ1n) is 9.25. The fraction of sp³-hybridized carbons (Fsp3) is 0.684. The minimum atomic E-state index is 0.189. The molecule has 0 radical (unpaired) electrons. The molecular weight excluding hydrogens is 288 g/mol. The van der Waals surface area contributed by atoms with Gasteiger partial charge in [0.2, 0.25) is 6.23 Å². The molecule has 2 aliphatic heterocycles. The first kappa shape index (κ1) is 15.3. The van der Waals surface area contributed by atoms with Gasteiger partial charge in [0.15, 0.2) is 5.88 Å². The molecule has 2 fully saturated rings. The van der Waals surface area contributed by atoms with Gasteiger partial charge < -0.3 is 19.3 Å². The van der Waals surface area contributed by atoms with Crippen LogP contribution >= 0.6 is 0 Å². The number of fused-ring (bicyclic) bond motifs is 1. The zero-order chi connectivity index (χ0) is 15.8. The maximum atomic E-state index is 6.25. The molecule has 2 heterocycles. The van der Waals surface area contributed by atoms with Crippen molar-refractivity contribution in [2.45, 2.75) is 69.7 Å². The maximum Gasteiger partial charge on any atom is 0.212 e. The lowest BCUT2D eigenvalue weighted by molar-refractivity contribution is -0.921. The third kappa shape index (κ3) is 2.83. The molecule has 4 nitrogen and oxygen atoms in total. The van der Waals surface area contributed by atoms with Crippen LogP contribution in [-0.2, 0) is 9.47 Å². The van der Waals surface area contributed by atoms with E-state index in [-0.39, 0.29) is 6.23 Å². The molecule has 0 aromatic carbocycles. The van der Waals surface area contributed by atoms with Gasteiger partial charge in [-0.15, -0.1) is 0 Å². The van der Waals surface area contributed by atoms with E-state index in [4.69, 9.17) is 9.47 Å². The Hall–Kier alpha value is -1.26. The van der Waals surface area contributed by atoms with Crippen LogP contribution in [0.4, 0.5) is 0 Å². The summed E-state index contributed by atoms with van der Waals surface area (Å²) in [5, 5.41) is 0. The van der Waals surface area contributed by atoms with Crippen LogP contribution in [0.25, 0.3) is 0 Å². The highest BCUT2D eigenvalue weighted by molar-refractivity contribution is 5.25. The predicted molar refractivity (Wildman–Crippen MR) is 89.4 cm³/mol. The van der Waals surface area contributed by atoms with Gasteiger partial charge in [0.1, 0.15) is 17.9 Å². The number of ether oxygens (including phenoxy) is 2. The first-order chi connectivity index (χ1) is 11.2. The Balaban J connectivity index is 1.40. The van der Waals surface area contributed by atoms with Gasteiger partial charge in [0.25, 0.3) is 0 Å². The molecule has 0 aromatic heterocycles. The molecule has 126 valence electrons. The minimum Gasteiger partial charge on any atom is -0.443 e. The average Bonchev–Trinajstić information content (AvgIpc) is 3.07. The summed E-state index contributed by atoms with van der Waals surface area (Å²) in [6.45, 7) is 0. The van der Waals surface area contributed by atoms with E-state index >= 15 is 0 Å². The lowest BCUT2D eigenvalue weighted by atomic mass is 9.93. The van der Waals surface area contributed by atoms with Crippen LogP contribution in [0.15, 0.2) is 35.6 Å². The summed E-state index contributed by atoms with van der Waals surface area (Å²) in [7, 11) is 4.39. The highest BCUT2D eigenvalue weighted by Gasteiger charge is 2.43. The van der Waals surface area contributed by atoms with Gasteiger partial charge >= 0.3 is 0 Å². The van der Waals surface area contributed by atoms with Gasteiger partial charge in [-0.3, -0.25) is 0 Å². The van der Waals surface area contributed by atoms with E-state index in [2.05, 4.69) is 37.2 Å². The zero-order valence-electron chi connectivity index (χ0n) is 14.4. The van der Waals surface area contributed by atoms with Gasteiger partial charge in [0.05, 0.1) is 12.7 Å². The van der Waals surface area contributed by atoms with Crippen molar-refractivity contribution in [1.29, 1.82) is 0 Å². The fourth-order valence-corrected chi connectivity index (χ4v) is 4.52. The van der Waals surface area contributed by atoms with Crippen LogP contribution in [0.1, 0.15) is 51.4 Å². The molecule has 1 N–H and O–H groups in total. The molecular formula is C19H29N2O2+. The molecule has 4 heteroatoms. The number of nitrogens with zero attached hydrogens (tertiary/aromatic N) is 1. The second kappa shape index (κ2) is 6.33. The molecule has 2 aliphatic carbocycles. The fourth-order valence-electron chi connectivity index (χ4n) is 4.52. The Morgan fingerprint density at radius 2 is 1.96 bits per heavy atom. The second-order valence-corrected chi connectivity index (χ2v) is 7.36. The van der Waals surface area contributed by atoms with Crippen molar-refractivity contribution in [3.05, 3.63) is 35.6 Å². The van der Waals surface area contributed by atoms with E-state index in [1.165, 1.54) is 54.9 Å². The molecule has 0 amide bonds. The Kier molecular flexibility index (Phi) is 4.20. The molecule has 0 spiro atoms. The van der Waals surface area contributed by atoms with E-state index in [9.17, 15) is 0 Å². The molecule has 4 aliphatic rings. The first-order valence-corrected chi connectivity index (χ1v) is 9.25. The number of allylic oxidation sites excluding steroid dienone is 4. The Bertz CT molecular complexity index is 552. The smallest absolute Gasteiger partial charge is 0.212 e. The summed E-state index contributed by atoms with van der Waals surface area (Å²) in [5.74, 6) is 2.14. The van der Waals surface area contributed by atoms with Gasteiger partial charge in [0, 0.05) is 26.0 Å². The van der Waals surface area contributed by atoms with Gasteiger partial charge in [-0.25, -0.2) is 0 Å².